The molecule has 0 radical (unpaired) electrons. The largest absolute Gasteiger partial charge is 0.310 e. The predicted molar refractivity (Wildman–Crippen MR) is 92.3 cm³/mol. The minimum absolute atomic E-state index is 0.299. The number of hydrogen-bond acceptors (Lipinski definition) is 5. The smallest absolute Gasteiger partial charge is 0.242 e. The molecular weight excluding hydrogens is 392 g/mol. The summed E-state index contributed by atoms with van der Waals surface area (Å²) in [6.07, 6.45) is 0. The van der Waals surface area contributed by atoms with Gasteiger partial charge in [0.2, 0.25) is 10.0 Å². The summed E-state index contributed by atoms with van der Waals surface area (Å²) in [6, 6.07) is 3.89. The van der Waals surface area contributed by atoms with Crippen LogP contribution in [0.3, 0.4) is 0 Å². The van der Waals surface area contributed by atoms with Gasteiger partial charge in [-0.05, 0) is 38.8 Å². The quantitative estimate of drug-likeness (QED) is 0.736. The van der Waals surface area contributed by atoms with Crippen molar-refractivity contribution in [2.75, 3.05) is 0 Å². The Balaban J connectivity index is 2.09. The first kappa shape index (κ1) is 17.1. The highest BCUT2D eigenvalue weighted by Crippen LogP contribution is 2.25. The molecule has 2 heterocycles. The second-order valence-corrected chi connectivity index (χ2v) is 9.35. The Morgan fingerprint density at radius 1 is 1.14 bits per heavy atom. The molecule has 0 spiro atoms. The average molecular weight is 409 g/mol. The summed E-state index contributed by atoms with van der Waals surface area (Å²) in [5, 5.41) is 6.99. The molecule has 0 aliphatic heterocycles. The molecule has 116 valence electrons. The van der Waals surface area contributed by atoms with E-state index in [1.807, 2.05) is 30.7 Å². The molecular formula is C13H17BrN2O2S3. The summed E-state index contributed by atoms with van der Waals surface area (Å²) < 4.78 is 28.4. The Morgan fingerprint density at radius 2 is 1.81 bits per heavy atom. The van der Waals surface area contributed by atoms with Gasteiger partial charge in [-0.25, -0.2) is 13.1 Å². The zero-order valence-electron chi connectivity index (χ0n) is 11.7. The van der Waals surface area contributed by atoms with Gasteiger partial charge in [0.1, 0.15) is 0 Å². The fourth-order valence-electron chi connectivity index (χ4n) is 1.68. The van der Waals surface area contributed by atoms with E-state index >= 15 is 0 Å². The van der Waals surface area contributed by atoms with Crippen molar-refractivity contribution in [3.63, 3.8) is 0 Å². The normalized spacial score (nSPS) is 12.2. The Labute approximate surface area is 141 Å². The minimum atomic E-state index is -3.48. The van der Waals surface area contributed by atoms with Crippen molar-refractivity contribution in [1.29, 1.82) is 0 Å². The molecule has 21 heavy (non-hydrogen) atoms. The molecule has 0 atom stereocenters. The molecule has 0 amide bonds. The summed E-state index contributed by atoms with van der Waals surface area (Å²) in [5.41, 5.74) is 0. The number of halogens is 1. The second kappa shape index (κ2) is 7.34. The van der Waals surface area contributed by atoms with Crippen molar-refractivity contribution < 1.29 is 8.42 Å². The van der Waals surface area contributed by atoms with E-state index in [-0.39, 0.29) is 0 Å². The van der Waals surface area contributed by atoms with Gasteiger partial charge < -0.3 is 5.32 Å². The lowest BCUT2D eigenvalue weighted by atomic mass is 10.4. The Bertz CT molecular complexity index is 692. The molecule has 2 rings (SSSR count). The SMILES string of the molecule is CC(C)NCc1sccc1S(=O)(=O)NCc1sccc1Br. The molecule has 2 aromatic rings. The fraction of sp³-hybridized carbons (Fsp3) is 0.385. The zero-order valence-corrected chi connectivity index (χ0v) is 15.8. The van der Waals surface area contributed by atoms with Gasteiger partial charge in [-0.2, -0.15) is 0 Å². The molecule has 0 unspecified atom stereocenters. The van der Waals surface area contributed by atoms with Crippen LogP contribution in [0.1, 0.15) is 23.6 Å². The molecule has 2 aromatic heterocycles. The highest BCUT2D eigenvalue weighted by atomic mass is 79.9. The third-order valence-corrected chi connectivity index (χ3v) is 7.24. The van der Waals surface area contributed by atoms with E-state index in [4.69, 9.17) is 0 Å². The van der Waals surface area contributed by atoms with Crippen LogP contribution in [0, 0.1) is 0 Å². The van der Waals surface area contributed by atoms with E-state index in [2.05, 4.69) is 26.0 Å². The lowest BCUT2D eigenvalue weighted by Gasteiger charge is -2.10. The van der Waals surface area contributed by atoms with Crippen molar-refractivity contribution >= 4 is 48.6 Å². The molecule has 8 heteroatoms. The monoisotopic (exact) mass is 408 g/mol. The van der Waals surface area contributed by atoms with E-state index < -0.39 is 10.0 Å². The van der Waals surface area contributed by atoms with Gasteiger partial charge in [-0.3, -0.25) is 0 Å². The van der Waals surface area contributed by atoms with Gasteiger partial charge in [0.05, 0.1) is 4.90 Å². The van der Waals surface area contributed by atoms with Gasteiger partial charge in [0.15, 0.2) is 0 Å². The highest BCUT2D eigenvalue weighted by Gasteiger charge is 2.20. The van der Waals surface area contributed by atoms with Crippen LogP contribution in [0.2, 0.25) is 0 Å². The highest BCUT2D eigenvalue weighted by molar-refractivity contribution is 9.10. The summed E-state index contributed by atoms with van der Waals surface area (Å²) in [5.74, 6) is 0. The molecule has 0 aromatic carbocycles. The first-order valence-electron chi connectivity index (χ1n) is 6.41. The maximum atomic E-state index is 12.4. The third kappa shape index (κ3) is 4.61. The van der Waals surface area contributed by atoms with Crippen LogP contribution < -0.4 is 10.0 Å². The van der Waals surface area contributed by atoms with E-state index in [1.165, 1.54) is 22.7 Å². The lowest BCUT2D eigenvalue weighted by Crippen LogP contribution is -2.26. The van der Waals surface area contributed by atoms with Crippen molar-refractivity contribution in [3.8, 4) is 0 Å². The van der Waals surface area contributed by atoms with Crippen molar-refractivity contribution in [2.45, 2.75) is 37.9 Å². The molecule has 0 bridgehead atoms. The molecule has 0 saturated carbocycles. The Hall–Kier alpha value is -0.250. The van der Waals surface area contributed by atoms with Gasteiger partial charge in [0.25, 0.3) is 0 Å². The van der Waals surface area contributed by atoms with Gasteiger partial charge in [-0.1, -0.05) is 13.8 Å². The van der Waals surface area contributed by atoms with Gasteiger partial charge in [0, 0.05) is 33.4 Å². The van der Waals surface area contributed by atoms with Crippen LogP contribution in [0.25, 0.3) is 0 Å². The maximum Gasteiger partial charge on any atom is 0.242 e. The van der Waals surface area contributed by atoms with Crippen LogP contribution >= 0.6 is 38.6 Å². The Kier molecular flexibility index (Phi) is 5.98. The maximum absolute atomic E-state index is 12.4. The van der Waals surface area contributed by atoms with E-state index in [0.717, 1.165) is 14.2 Å². The average Bonchev–Trinajstić information content (AvgIpc) is 3.03. The van der Waals surface area contributed by atoms with Crippen LogP contribution in [0.15, 0.2) is 32.3 Å². The minimum Gasteiger partial charge on any atom is -0.310 e. The zero-order chi connectivity index (χ0) is 15.5. The summed E-state index contributed by atoms with van der Waals surface area (Å²) in [7, 11) is -3.48. The predicted octanol–water partition coefficient (Wildman–Crippen LogP) is 3.55. The summed E-state index contributed by atoms with van der Waals surface area (Å²) >= 11 is 6.38. The standard InChI is InChI=1S/C13H17BrN2O2S3/c1-9(2)15-7-12-13(4-6-20-12)21(17,18)16-8-11-10(14)3-5-19-11/h3-6,9,15-16H,7-8H2,1-2H3. The molecule has 0 aliphatic carbocycles. The molecule has 0 saturated heterocycles. The van der Waals surface area contributed by atoms with Crippen LogP contribution in [-0.2, 0) is 23.1 Å². The van der Waals surface area contributed by atoms with E-state index in [0.29, 0.717) is 24.0 Å². The van der Waals surface area contributed by atoms with Crippen LogP contribution in [-0.4, -0.2) is 14.5 Å². The van der Waals surface area contributed by atoms with Crippen molar-refractivity contribution in [1.82, 2.24) is 10.0 Å². The summed E-state index contributed by atoms with van der Waals surface area (Å²) in [4.78, 5) is 2.17. The molecule has 2 N–H and O–H groups in total. The first-order valence-corrected chi connectivity index (χ1v) is 10.4. The van der Waals surface area contributed by atoms with Crippen molar-refractivity contribution in [3.05, 3.63) is 37.1 Å². The third-order valence-electron chi connectivity index (χ3n) is 2.78. The molecule has 0 aliphatic rings. The van der Waals surface area contributed by atoms with Crippen molar-refractivity contribution in [2.24, 2.45) is 0 Å². The topological polar surface area (TPSA) is 58.2 Å². The van der Waals surface area contributed by atoms with Gasteiger partial charge >= 0.3 is 0 Å². The van der Waals surface area contributed by atoms with E-state index in [9.17, 15) is 8.42 Å². The first-order chi connectivity index (χ1) is 9.90. The summed E-state index contributed by atoms with van der Waals surface area (Å²) in [6.45, 7) is 4.93. The number of rotatable bonds is 7. The van der Waals surface area contributed by atoms with Gasteiger partial charge in [-0.15, -0.1) is 22.7 Å². The van der Waals surface area contributed by atoms with Crippen LogP contribution in [0.4, 0.5) is 0 Å². The number of nitrogens with one attached hydrogen (secondary N) is 2. The lowest BCUT2D eigenvalue weighted by molar-refractivity contribution is 0.572. The molecule has 0 fully saturated rings. The number of thiophene rings is 2. The Morgan fingerprint density at radius 3 is 2.43 bits per heavy atom. The second-order valence-electron chi connectivity index (χ2n) is 4.76. The number of sulfonamides is 1. The van der Waals surface area contributed by atoms with Crippen LogP contribution in [0.5, 0.6) is 0 Å². The fourth-order valence-corrected chi connectivity index (χ4v) is 5.59. The number of hydrogen-bond donors (Lipinski definition) is 2. The van der Waals surface area contributed by atoms with E-state index in [1.54, 1.807) is 6.07 Å². The molecule has 4 nitrogen and oxygen atoms in total.